The summed E-state index contributed by atoms with van der Waals surface area (Å²) in [5.41, 5.74) is 8.85. The number of amides is 1. The Morgan fingerprint density at radius 1 is 1.10 bits per heavy atom. The minimum absolute atomic E-state index is 0. The summed E-state index contributed by atoms with van der Waals surface area (Å²) in [6.45, 7) is 0.551. The molecule has 110 valence electrons. The molecular formula is C17H19ClN2O. The van der Waals surface area contributed by atoms with Crippen LogP contribution in [0.15, 0.2) is 54.6 Å². The molecule has 1 saturated carbocycles. The number of halogens is 1. The van der Waals surface area contributed by atoms with Crippen LogP contribution >= 0.6 is 12.4 Å². The van der Waals surface area contributed by atoms with Gasteiger partial charge in [-0.2, -0.15) is 0 Å². The highest BCUT2D eigenvalue weighted by molar-refractivity contribution is 5.94. The predicted molar refractivity (Wildman–Crippen MR) is 86.6 cm³/mol. The molecular weight excluding hydrogens is 284 g/mol. The van der Waals surface area contributed by atoms with Crippen LogP contribution in [0.25, 0.3) is 0 Å². The van der Waals surface area contributed by atoms with E-state index in [0.29, 0.717) is 24.1 Å². The van der Waals surface area contributed by atoms with E-state index in [9.17, 15) is 4.79 Å². The summed E-state index contributed by atoms with van der Waals surface area (Å²) in [7, 11) is 0. The van der Waals surface area contributed by atoms with Crippen molar-refractivity contribution in [3.05, 3.63) is 71.3 Å². The Labute approximate surface area is 131 Å². The first-order valence-corrected chi connectivity index (χ1v) is 6.92. The summed E-state index contributed by atoms with van der Waals surface area (Å²) in [6.07, 6.45) is 1.06. The quantitative estimate of drug-likeness (QED) is 0.912. The van der Waals surface area contributed by atoms with Crippen molar-refractivity contribution in [3.63, 3.8) is 0 Å². The van der Waals surface area contributed by atoms with Gasteiger partial charge in [0.15, 0.2) is 0 Å². The maximum atomic E-state index is 12.0. The van der Waals surface area contributed by atoms with E-state index in [1.165, 1.54) is 5.56 Å². The maximum Gasteiger partial charge on any atom is 0.251 e. The highest BCUT2D eigenvalue weighted by Crippen LogP contribution is 2.38. The summed E-state index contributed by atoms with van der Waals surface area (Å²) in [5, 5.41) is 2.92. The molecule has 1 aliphatic rings. The fourth-order valence-corrected chi connectivity index (χ4v) is 2.36. The molecule has 0 radical (unpaired) electrons. The number of carbonyl (C=O) groups is 1. The summed E-state index contributed by atoms with van der Waals surface area (Å²) < 4.78 is 0. The molecule has 3 N–H and O–H groups in total. The van der Waals surface area contributed by atoms with E-state index in [0.717, 1.165) is 12.0 Å². The molecule has 0 aromatic heterocycles. The molecule has 2 aromatic carbocycles. The lowest BCUT2D eigenvalue weighted by molar-refractivity contribution is 0.0951. The van der Waals surface area contributed by atoms with Crippen LogP contribution in [0.2, 0.25) is 0 Å². The van der Waals surface area contributed by atoms with Crippen LogP contribution in [0.1, 0.15) is 33.8 Å². The van der Waals surface area contributed by atoms with Gasteiger partial charge in [-0.3, -0.25) is 4.79 Å². The number of benzene rings is 2. The fourth-order valence-electron chi connectivity index (χ4n) is 2.36. The van der Waals surface area contributed by atoms with Gasteiger partial charge in [-0.05, 0) is 29.7 Å². The second kappa shape index (κ2) is 6.74. The molecule has 2 atom stereocenters. The van der Waals surface area contributed by atoms with Gasteiger partial charge in [0.2, 0.25) is 0 Å². The lowest BCUT2D eigenvalue weighted by atomic mass is 10.1. The van der Waals surface area contributed by atoms with Gasteiger partial charge in [0.05, 0.1) is 0 Å². The molecule has 3 rings (SSSR count). The Balaban J connectivity index is 0.00000161. The third-order valence-corrected chi connectivity index (χ3v) is 3.74. The third kappa shape index (κ3) is 3.84. The average molecular weight is 303 g/mol. The Morgan fingerprint density at radius 2 is 1.71 bits per heavy atom. The molecule has 2 aromatic rings. The van der Waals surface area contributed by atoms with Crippen molar-refractivity contribution < 1.29 is 4.79 Å². The van der Waals surface area contributed by atoms with Crippen molar-refractivity contribution >= 4 is 18.3 Å². The summed E-state index contributed by atoms with van der Waals surface area (Å²) >= 11 is 0. The standard InChI is InChI=1S/C17H18N2O.ClH/c18-16-10-15(16)13-6-8-14(9-7-13)17(20)19-11-12-4-2-1-3-5-12;/h1-9,15-16H,10-11,18H2,(H,19,20);1H. The molecule has 2 unspecified atom stereocenters. The van der Waals surface area contributed by atoms with Crippen LogP contribution in [0.3, 0.4) is 0 Å². The highest BCUT2D eigenvalue weighted by atomic mass is 35.5. The van der Waals surface area contributed by atoms with Crippen LogP contribution in [0.5, 0.6) is 0 Å². The Bertz CT molecular complexity index is 598. The molecule has 0 heterocycles. The van der Waals surface area contributed by atoms with E-state index >= 15 is 0 Å². The normalized spacial score (nSPS) is 19.5. The zero-order valence-corrected chi connectivity index (χ0v) is 12.5. The second-order valence-electron chi connectivity index (χ2n) is 5.30. The minimum Gasteiger partial charge on any atom is -0.348 e. The topological polar surface area (TPSA) is 55.1 Å². The lowest BCUT2D eigenvalue weighted by Crippen LogP contribution is -2.22. The lowest BCUT2D eigenvalue weighted by Gasteiger charge is -2.06. The van der Waals surface area contributed by atoms with Gasteiger partial charge in [-0.15, -0.1) is 12.4 Å². The van der Waals surface area contributed by atoms with Crippen molar-refractivity contribution in [1.82, 2.24) is 5.32 Å². The number of nitrogens with two attached hydrogens (primary N) is 1. The third-order valence-electron chi connectivity index (χ3n) is 3.74. The monoisotopic (exact) mass is 302 g/mol. The van der Waals surface area contributed by atoms with Gasteiger partial charge in [0, 0.05) is 24.1 Å². The molecule has 1 fully saturated rings. The summed E-state index contributed by atoms with van der Waals surface area (Å²) in [6, 6.07) is 18.0. The van der Waals surface area contributed by atoms with Gasteiger partial charge in [0.25, 0.3) is 5.91 Å². The van der Waals surface area contributed by atoms with Crippen LogP contribution in [-0.2, 0) is 6.54 Å². The van der Waals surface area contributed by atoms with Crippen molar-refractivity contribution in [3.8, 4) is 0 Å². The number of nitrogens with one attached hydrogen (secondary N) is 1. The Morgan fingerprint density at radius 3 is 2.29 bits per heavy atom. The molecule has 0 spiro atoms. The first-order chi connectivity index (χ1) is 9.74. The molecule has 4 heteroatoms. The largest absolute Gasteiger partial charge is 0.348 e. The second-order valence-corrected chi connectivity index (χ2v) is 5.30. The van der Waals surface area contributed by atoms with Crippen molar-refractivity contribution in [1.29, 1.82) is 0 Å². The van der Waals surface area contributed by atoms with E-state index in [-0.39, 0.29) is 18.3 Å². The van der Waals surface area contributed by atoms with Gasteiger partial charge in [-0.25, -0.2) is 0 Å². The van der Waals surface area contributed by atoms with E-state index in [1.807, 2.05) is 54.6 Å². The molecule has 3 nitrogen and oxygen atoms in total. The van der Waals surface area contributed by atoms with E-state index < -0.39 is 0 Å². The Kier molecular flexibility index (Phi) is 4.99. The van der Waals surface area contributed by atoms with Crippen molar-refractivity contribution in [2.75, 3.05) is 0 Å². The molecule has 1 amide bonds. The minimum atomic E-state index is -0.0412. The average Bonchev–Trinajstić information content (AvgIpc) is 3.23. The smallest absolute Gasteiger partial charge is 0.251 e. The number of carbonyl (C=O) groups excluding carboxylic acids is 1. The van der Waals surface area contributed by atoms with Crippen molar-refractivity contribution in [2.24, 2.45) is 5.73 Å². The zero-order chi connectivity index (χ0) is 13.9. The van der Waals surface area contributed by atoms with Gasteiger partial charge < -0.3 is 11.1 Å². The van der Waals surface area contributed by atoms with Gasteiger partial charge >= 0.3 is 0 Å². The Hall–Kier alpha value is -1.84. The maximum absolute atomic E-state index is 12.0. The van der Waals surface area contributed by atoms with E-state index in [4.69, 9.17) is 5.73 Å². The van der Waals surface area contributed by atoms with E-state index in [2.05, 4.69) is 5.32 Å². The highest BCUT2D eigenvalue weighted by Gasteiger charge is 2.34. The fraction of sp³-hybridized carbons (Fsp3) is 0.235. The van der Waals surface area contributed by atoms with E-state index in [1.54, 1.807) is 0 Å². The summed E-state index contributed by atoms with van der Waals surface area (Å²) in [5.74, 6) is 0.442. The molecule has 21 heavy (non-hydrogen) atoms. The van der Waals surface area contributed by atoms with Crippen LogP contribution in [-0.4, -0.2) is 11.9 Å². The molecule has 0 saturated heterocycles. The van der Waals surface area contributed by atoms with Crippen LogP contribution in [0.4, 0.5) is 0 Å². The van der Waals surface area contributed by atoms with Crippen molar-refractivity contribution in [2.45, 2.75) is 24.9 Å². The SMILES string of the molecule is Cl.NC1CC1c1ccc(C(=O)NCc2ccccc2)cc1. The van der Waals surface area contributed by atoms with Gasteiger partial charge in [0.1, 0.15) is 0 Å². The summed E-state index contributed by atoms with van der Waals surface area (Å²) in [4.78, 5) is 12.0. The number of hydrogen-bond acceptors (Lipinski definition) is 2. The van der Waals surface area contributed by atoms with Gasteiger partial charge in [-0.1, -0.05) is 42.5 Å². The predicted octanol–water partition coefficient (Wildman–Crippen LogP) is 2.85. The first kappa shape index (κ1) is 15.5. The molecule has 0 aliphatic heterocycles. The molecule has 0 bridgehead atoms. The van der Waals surface area contributed by atoms with Crippen LogP contribution in [0, 0.1) is 0 Å². The number of hydrogen-bond donors (Lipinski definition) is 2. The first-order valence-electron chi connectivity index (χ1n) is 6.92. The zero-order valence-electron chi connectivity index (χ0n) is 11.7. The van der Waals surface area contributed by atoms with Crippen LogP contribution < -0.4 is 11.1 Å². The molecule has 1 aliphatic carbocycles. The number of rotatable bonds is 4.